The van der Waals surface area contributed by atoms with Crippen LogP contribution in [0.5, 0.6) is 0 Å². The van der Waals surface area contributed by atoms with Gasteiger partial charge in [0.2, 0.25) is 5.91 Å². The topological polar surface area (TPSA) is 54.3 Å². The first-order valence-electron chi connectivity index (χ1n) is 8.42. The van der Waals surface area contributed by atoms with Crippen molar-refractivity contribution in [3.8, 4) is 5.69 Å². The molecule has 1 atom stereocenters. The second-order valence-electron chi connectivity index (χ2n) is 5.98. The Morgan fingerprint density at radius 2 is 2.08 bits per heavy atom. The third-order valence-electron chi connectivity index (χ3n) is 4.36. The maximum atomic E-state index is 12.7. The van der Waals surface area contributed by atoms with Crippen LogP contribution in [0.1, 0.15) is 13.8 Å². The van der Waals surface area contributed by atoms with Crippen LogP contribution >= 0.6 is 23.4 Å². The van der Waals surface area contributed by atoms with Gasteiger partial charge in [0.15, 0.2) is 5.16 Å². The van der Waals surface area contributed by atoms with Crippen LogP contribution in [-0.4, -0.2) is 68.4 Å². The van der Waals surface area contributed by atoms with E-state index in [0.29, 0.717) is 10.2 Å². The molecule has 0 N–H and O–H groups in total. The van der Waals surface area contributed by atoms with E-state index in [1.807, 2.05) is 40.7 Å². The molecule has 3 rings (SSSR count). The van der Waals surface area contributed by atoms with Crippen molar-refractivity contribution >= 4 is 29.3 Å². The summed E-state index contributed by atoms with van der Waals surface area (Å²) in [7, 11) is 0. The minimum Gasteiger partial charge on any atom is -0.339 e. The molecule has 6 nitrogen and oxygen atoms in total. The van der Waals surface area contributed by atoms with Crippen LogP contribution in [0.4, 0.5) is 0 Å². The van der Waals surface area contributed by atoms with Crippen molar-refractivity contribution in [1.82, 2.24) is 24.6 Å². The van der Waals surface area contributed by atoms with Gasteiger partial charge in [0.05, 0.1) is 10.9 Å². The molecule has 1 aliphatic heterocycles. The number of benzene rings is 1. The third-order valence-corrected chi connectivity index (χ3v) is 5.64. The van der Waals surface area contributed by atoms with E-state index in [-0.39, 0.29) is 11.2 Å². The summed E-state index contributed by atoms with van der Waals surface area (Å²) in [5.74, 6) is 0.154. The van der Waals surface area contributed by atoms with Crippen LogP contribution in [0.15, 0.2) is 35.7 Å². The van der Waals surface area contributed by atoms with Gasteiger partial charge >= 0.3 is 0 Å². The van der Waals surface area contributed by atoms with E-state index < -0.39 is 0 Å². The van der Waals surface area contributed by atoms with Gasteiger partial charge in [-0.2, -0.15) is 0 Å². The number of hydrogen-bond acceptors (Lipinski definition) is 5. The first-order valence-corrected chi connectivity index (χ1v) is 9.68. The summed E-state index contributed by atoms with van der Waals surface area (Å²) in [5.41, 5.74) is 0.885. The number of halogens is 1. The number of rotatable bonds is 5. The molecule has 1 aromatic heterocycles. The normalized spacial score (nSPS) is 16.8. The van der Waals surface area contributed by atoms with Crippen LogP contribution in [-0.2, 0) is 4.79 Å². The van der Waals surface area contributed by atoms with Crippen molar-refractivity contribution in [2.24, 2.45) is 0 Å². The van der Waals surface area contributed by atoms with Crippen molar-refractivity contribution in [1.29, 1.82) is 0 Å². The summed E-state index contributed by atoms with van der Waals surface area (Å²) >= 11 is 7.50. The molecule has 8 heteroatoms. The Morgan fingerprint density at radius 3 is 2.76 bits per heavy atom. The number of nitrogens with zero attached hydrogens (tertiary/aromatic N) is 5. The van der Waals surface area contributed by atoms with Gasteiger partial charge < -0.3 is 9.80 Å². The highest BCUT2D eigenvalue weighted by molar-refractivity contribution is 8.00. The van der Waals surface area contributed by atoms with Crippen molar-refractivity contribution in [3.05, 3.63) is 35.6 Å². The van der Waals surface area contributed by atoms with Gasteiger partial charge in [0, 0.05) is 31.2 Å². The maximum Gasteiger partial charge on any atom is 0.235 e. The molecule has 25 heavy (non-hydrogen) atoms. The average Bonchev–Trinajstić information content (AvgIpc) is 3.09. The second kappa shape index (κ2) is 8.21. The minimum absolute atomic E-state index is 0.154. The lowest BCUT2D eigenvalue weighted by Crippen LogP contribution is -2.50. The number of aromatic nitrogens is 3. The smallest absolute Gasteiger partial charge is 0.235 e. The summed E-state index contributed by atoms with van der Waals surface area (Å²) in [5, 5.41) is 9.29. The molecule has 0 spiro atoms. The second-order valence-corrected chi connectivity index (χ2v) is 7.73. The number of carbonyl (C=O) groups is 1. The largest absolute Gasteiger partial charge is 0.339 e. The fraction of sp³-hybridized carbons (Fsp3) is 0.471. The Kier molecular flexibility index (Phi) is 5.98. The van der Waals surface area contributed by atoms with Crippen LogP contribution in [0.25, 0.3) is 5.69 Å². The van der Waals surface area contributed by atoms with E-state index in [1.165, 1.54) is 11.8 Å². The molecule has 0 radical (unpaired) electrons. The van der Waals surface area contributed by atoms with Crippen molar-refractivity contribution in [2.45, 2.75) is 24.3 Å². The molecule has 1 amide bonds. The molecule has 134 valence electrons. The molecular weight excluding hydrogens is 358 g/mol. The fourth-order valence-electron chi connectivity index (χ4n) is 2.86. The Morgan fingerprint density at radius 1 is 1.32 bits per heavy atom. The summed E-state index contributed by atoms with van der Waals surface area (Å²) < 4.78 is 1.86. The molecule has 0 aliphatic carbocycles. The van der Waals surface area contributed by atoms with Crippen LogP contribution in [0.3, 0.4) is 0 Å². The highest BCUT2D eigenvalue weighted by Gasteiger charge is 2.26. The van der Waals surface area contributed by atoms with E-state index in [0.717, 1.165) is 38.4 Å². The molecule has 0 unspecified atom stereocenters. The minimum atomic E-state index is -0.213. The number of likely N-dealkylation sites (N-methyl/N-ethyl adjacent to an activating group) is 1. The van der Waals surface area contributed by atoms with E-state index in [9.17, 15) is 4.79 Å². The lowest BCUT2D eigenvalue weighted by molar-refractivity contribution is -0.132. The molecule has 0 saturated carbocycles. The average molecular weight is 380 g/mol. The van der Waals surface area contributed by atoms with E-state index in [4.69, 9.17) is 11.6 Å². The number of carbonyl (C=O) groups excluding carboxylic acids is 1. The molecule has 1 fully saturated rings. The zero-order valence-electron chi connectivity index (χ0n) is 14.4. The Bertz CT molecular complexity index is 729. The molecule has 1 aliphatic rings. The SMILES string of the molecule is CCN1CCN(C(=O)[C@H](C)Sc2nncn2-c2cccc(Cl)c2)CC1. The summed E-state index contributed by atoms with van der Waals surface area (Å²) in [4.78, 5) is 17.0. The first kappa shape index (κ1) is 18.2. The van der Waals surface area contributed by atoms with Crippen molar-refractivity contribution in [3.63, 3.8) is 0 Å². The van der Waals surface area contributed by atoms with Gasteiger partial charge in [-0.3, -0.25) is 9.36 Å². The van der Waals surface area contributed by atoms with Crippen LogP contribution in [0.2, 0.25) is 5.02 Å². The standard InChI is InChI=1S/C17H22ClN5OS/c1-3-21-7-9-22(10-8-21)16(24)13(2)25-17-20-19-12-23(17)15-6-4-5-14(18)11-15/h4-6,11-13H,3,7-10H2,1-2H3/t13-/m0/s1. The fourth-order valence-corrected chi connectivity index (χ4v) is 3.97. The van der Waals surface area contributed by atoms with Gasteiger partial charge in [-0.15, -0.1) is 10.2 Å². The lowest BCUT2D eigenvalue weighted by Gasteiger charge is -2.35. The van der Waals surface area contributed by atoms with Gasteiger partial charge in [-0.1, -0.05) is 36.4 Å². The summed E-state index contributed by atoms with van der Waals surface area (Å²) in [6.07, 6.45) is 1.64. The van der Waals surface area contributed by atoms with Gasteiger partial charge in [0.1, 0.15) is 6.33 Å². The van der Waals surface area contributed by atoms with Crippen LogP contribution in [0, 0.1) is 0 Å². The molecule has 2 aromatic rings. The quantitative estimate of drug-likeness (QED) is 0.747. The molecule has 1 saturated heterocycles. The molecule has 2 heterocycles. The van der Waals surface area contributed by atoms with Gasteiger partial charge in [0.25, 0.3) is 0 Å². The predicted octanol–water partition coefficient (Wildman–Crippen LogP) is 2.57. The van der Waals surface area contributed by atoms with E-state index in [1.54, 1.807) is 6.33 Å². The van der Waals surface area contributed by atoms with Gasteiger partial charge in [-0.05, 0) is 31.7 Å². The lowest BCUT2D eigenvalue weighted by atomic mass is 10.3. The van der Waals surface area contributed by atoms with Crippen LogP contribution < -0.4 is 0 Å². The number of hydrogen-bond donors (Lipinski definition) is 0. The Labute approximate surface area is 157 Å². The Balaban J connectivity index is 1.67. The zero-order valence-corrected chi connectivity index (χ0v) is 16.0. The van der Waals surface area contributed by atoms with E-state index >= 15 is 0 Å². The highest BCUT2D eigenvalue weighted by atomic mass is 35.5. The van der Waals surface area contributed by atoms with E-state index in [2.05, 4.69) is 22.0 Å². The predicted molar refractivity (Wildman–Crippen MR) is 100 cm³/mol. The van der Waals surface area contributed by atoms with Crippen molar-refractivity contribution < 1.29 is 4.79 Å². The molecule has 0 bridgehead atoms. The summed E-state index contributed by atoms with van der Waals surface area (Å²) in [6.45, 7) is 8.58. The van der Waals surface area contributed by atoms with Crippen molar-refractivity contribution in [2.75, 3.05) is 32.7 Å². The number of thioether (sulfide) groups is 1. The summed E-state index contributed by atoms with van der Waals surface area (Å²) in [6, 6.07) is 7.50. The monoisotopic (exact) mass is 379 g/mol. The Hall–Kier alpha value is -1.57. The number of piperazine rings is 1. The molecular formula is C17H22ClN5OS. The molecule has 1 aromatic carbocycles. The van der Waals surface area contributed by atoms with Gasteiger partial charge in [-0.25, -0.2) is 0 Å². The highest BCUT2D eigenvalue weighted by Crippen LogP contribution is 2.26. The number of amides is 1. The third kappa shape index (κ3) is 4.34. The maximum absolute atomic E-state index is 12.7. The zero-order chi connectivity index (χ0) is 17.8. The first-order chi connectivity index (χ1) is 12.1.